The molecule has 0 aromatic heterocycles. The van der Waals surface area contributed by atoms with Crippen LogP contribution in [0.2, 0.25) is 0 Å². The molecule has 2 unspecified atom stereocenters. The van der Waals surface area contributed by atoms with Crippen molar-refractivity contribution in [3.8, 4) is 0 Å². The molecule has 0 aliphatic carbocycles. The number of urea groups is 1. The number of amides is 2. The van der Waals surface area contributed by atoms with Crippen LogP contribution in [0, 0.1) is 5.92 Å². The fourth-order valence-electron chi connectivity index (χ4n) is 2.60. The molecular weight excluding hydrogens is 208 g/mol. The second-order valence-electron chi connectivity index (χ2n) is 4.94. The van der Waals surface area contributed by atoms with Crippen molar-refractivity contribution in [2.45, 2.75) is 38.8 Å². The molecule has 0 aromatic carbocycles. The molecule has 2 amide bonds. The molecule has 2 saturated heterocycles. The van der Waals surface area contributed by atoms with E-state index in [2.05, 4.69) is 0 Å². The first-order valence-electron chi connectivity index (χ1n) is 5.80. The number of carboxylic acids is 1. The third-order valence-electron chi connectivity index (χ3n) is 3.59. The summed E-state index contributed by atoms with van der Waals surface area (Å²) >= 11 is 0. The van der Waals surface area contributed by atoms with E-state index in [4.69, 9.17) is 5.11 Å². The van der Waals surface area contributed by atoms with Crippen LogP contribution in [-0.4, -0.2) is 52.1 Å². The summed E-state index contributed by atoms with van der Waals surface area (Å²) in [5, 5.41) is 8.98. The Morgan fingerprint density at radius 2 is 2.19 bits per heavy atom. The van der Waals surface area contributed by atoms with Crippen LogP contribution in [0.4, 0.5) is 4.79 Å². The van der Waals surface area contributed by atoms with Gasteiger partial charge in [-0.3, -0.25) is 4.79 Å². The summed E-state index contributed by atoms with van der Waals surface area (Å²) < 4.78 is 0. The number of carbonyl (C=O) groups excluding carboxylic acids is 1. The number of piperidine rings is 1. The van der Waals surface area contributed by atoms with Crippen LogP contribution in [0.1, 0.15) is 26.7 Å². The summed E-state index contributed by atoms with van der Waals surface area (Å²) in [7, 11) is 0. The average Bonchev–Trinajstić information content (AvgIpc) is 2.55. The maximum absolute atomic E-state index is 12.0. The van der Waals surface area contributed by atoms with Gasteiger partial charge in [0, 0.05) is 19.1 Å². The highest BCUT2D eigenvalue weighted by molar-refractivity contribution is 5.78. The van der Waals surface area contributed by atoms with Gasteiger partial charge in [-0.25, -0.2) is 4.79 Å². The van der Waals surface area contributed by atoms with Gasteiger partial charge in [-0.15, -0.1) is 0 Å². The largest absolute Gasteiger partial charge is 0.481 e. The van der Waals surface area contributed by atoms with E-state index in [9.17, 15) is 9.59 Å². The van der Waals surface area contributed by atoms with Crippen molar-refractivity contribution in [2.24, 2.45) is 5.92 Å². The van der Waals surface area contributed by atoms with Crippen LogP contribution in [0.3, 0.4) is 0 Å². The predicted octanol–water partition coefficient (Wildman–Crippen LogP) is 0.996. The molecule has 2 heterocycles. The van der Waals surface area contributed by atoms with Gasteiger partial charge < -0.3 is 14.9 Å². The van der Waals surface area contributed by atoms with Crippen LogP contribution in [-0.2, 0) is 4.79 Å². The van der Waals surface area contributed by atoms with E-state index in [1.54, 1.807) is 0 Å². The zero-order valence-corrected chi connectivity index (χ0v) is 9.72. The first kappa shape index (κ1) is 11.2. The molecule has 2 fully saturated rings. The Bertz CT molecular complexity index is 316. The molecule has 0 bridgehead atoms. The molecule has 5 nitrogen and oxygen atoms in total. The number of nitrogens with zero attached hydrogens (tertiary/aromatic N) is 2. The van der Waals surface area contributed by atoms with E-state index in [-0.39, 0.29) is 24.0 Å². The molecule has 2 aliphatic rings. The minimum atomic E-state index is -0.727. The molecule has 0 spiro atoms. The number of rotatable bonds is 2. The third kappa shape index (κ3) is 1.74. The summed E-state index contributed by atoms with van der Waals surface area (Å²) in [6, 6.07) is 0.370. The molecule has 5 heteroatoms. The van der Waals surface area contributed by atoms with Crippen LogP contribution in [0.5, 0.6) is 0 Å². The van der Waals surface area contributed by atoms with E-state index in [1.807, 2.05) is 23.6 Å². The second-order valence-corrected chi connectivity index (χ2v) is 4.94. The molecule has 0 radical (unpaired) electrons. The molecule has 1 N–H and O–H groups in total. The predicted molar refractivity (Wildman–Crippen MR) is 58.1 cm³/mol. The Morgan fingerprint density at radius 1 is 1.50 bits per heavy atom. The summed E-state index contributed by atoms with van der Waals surface area (Å²) in [5.74, 6) is -1.00. The van der Waals surface area contributed by atoms with Gasteiger partial charge in [-0.1, -0.05) is 0 Å². The number of carbonyl (C=O) groups is 2. The van der Waals surface area contributed by atoms with Gasteiger partial charge in [0.25, 0.3) is 0 Å². The fraction of sp³-hybridized carbons (Fsp3) is 0.818. The lowest BCUT2D eigenvalue weighted by Gasteiger charge is -2.31. The highest BCUT2D eigenvalue weighted by Gasteiger charge is 2.43. The zero-order valence-electron chi connectivity index (χ0n) is 9.72. The van der Waals surface area contributed by atoms with Gasteiger partial charge in [-0.2, -0.15) is 0 Å². The van der Waals surface area contributed by atoms with Crippen molar-refractivity contribution >= 4 is 12.0 Å². The molecule has 2 rings (SSSR count). The molecular formula is C11H18N2O3. The van der Waals surface area contributed by atoms with Crippen LogP contribution < -0.4 is 0 Å². The molecule has 0 saturated carbocycles. The first-order valence-corrected chi connectivity index (χ1v) is 5.80. The molecule has 2 atom stereocenters. The van der Waals surface area contributed by atoms with Crippen LogP contribution in [0.25, 0.3) is 0 Å². The van der Waals surface area contributed by atoms with Gasteiger partial charge >= 0.3 is 12.0 Å². The summed E-state index contributed by atoms with van der Waals surface area (Å²) in [5.41, 5.74) is 0. The Labute approximate surface area is 95.0 Å². The van der Waals surface area contributed by atoms with E-state index < -0.39 is 5.97 Å². The smallest absolute Gasteiger partial charge is 0.320 e. The van der Waals surface area contributed by atoms with Crippen LogP contribution in [0.15, 0.2) is 0 Å². The van der Waals surface area contributed by atoms with E-state index >= 15 is 0 Å². The quantitative estimate of drug-likeness (QED) is 0.764. The van der Waals surface area contributed by atoms with Crippen molar-refractivity contribution in [2.75, 3.05) is 13.1 Å². The lowest BCUT2D eigenvalue weighted by Crippen LogP contribution is -2.43. The normalized spacial score (nSPS) is 29.8. The summed E-state index contributed by atoms with van der Waals surface area (Å²) in [4.78, 5) is 26.5. The van der Waals surface area contributed by atoms with Gasteiger partial charge in [0.05, 0.1) is 12.0 Å². The van der Waals surface area contributed by atoms with Gasteiger partial charge in [0.15, 0.2) is 0 Å². The SMILES string of the molecule is CC(C)N1CC2CC(C(=O)O)CCN2C1=O. The topological polar surface area (TPSA) is 60.9 Å². The first-order chi connectivity index (χ1) is 7.50. The Kier molecular flexibility index (Phi) is 2.78. The number of hydrogen-bond donors (Lipinski definition) is 1. The summed E-state index contributed by atoms with van der Waals surface area (Å²) in [6.07, 6.45) is 1.19. The van der Waals surface area contributed by atoms with Crippen molar-refractivity contribution in [1.82, 2.24) is 9.80 Å². The highest BCUT2D eigenvalue weighted by Crippen LogP contribution is 2.30. The van der Waals surface area contributed by atoms with Crippen LogP contribution >= 0.6 is 0 Å². The molecule has 16 heavy (non-hydrogen) atoms. The maximum Gasteiger partial charge on any atom is 0.320 e. The number of fused-ring (bicyclic) bond motifs is 1. The second kappa shape index (κ2) is 3.96. The Hall–Kier alpha value is -1.26. The molecule has 0 aromatic rings. The monoisotopic (exact) mass is 226 g/mol. The lowest BCUT2D eigenvalue weighted by molar-refractivity contribution is -0.143. The minimum absolute atomic E-state index is 0.0730. The van der Waals surface area contributed by atoms with E-state index in [0.717, 1.165) is 0 Å². The van der Waals surface area contributed by atoms with E-state index in [1.165, 1.54) is 0 Å². The molecule has 2 aliphatic heterocycles. The van der Waals surface area contributed by atoms with Crippen molar-refractivity contribution < 1.29 is 14.7 Å². The average molecular weight is 226 g/mol. The van der Waals surface area contributed by atoms with Crippen molar-refractivity contribution in [3.63, 3.8) is 0 Å². The number of hydrogen-bond acceptors (Lipinski definition) is 2. The Morgan fingerprint density at radius 3 is 2.75 bits per heavy atom. The lowest BCUT2D eigenvalue weighted by atomic mass is 9.92. The van der Waals surface area contributed by atoms with Crippen molar-refractivity contribution in [1.29, 1.82) is 0 Å². The molecule has 90 valence electrons. The summed E-state index contributed by atoms with van der Waals surface area (Å²) in [6.45, 7) is 5.25. The van der Waals surface area contributed by atoms with E-state index in [0.29, 0.717) is 25.9 Å². The standard InChI is InChI=1S/C11H18N2O3/c1-7(2)13-6-9-5-8(10(14)15)3-4-12(9)11(13)16/h7-9H,3-6H2,1-2H3,(H,14,15). The van der Waals surface area contributed by atoms with Crippen molar-refractivity contribution in [3.05, 3.63) is 0 Å². The van der Waals surface area contributed by atoms with Gasteiger partial charge in [0.1, 0.15) is 0 Å². The third-order valence-corrected chi connectivity index (χ3v) is 3.59. The van der Waals surface area contributed by atoms with Gasteiger partial charge in [-0.05, 0) is 26.7 Å². The maximum atomic E-state index is 12.0. The highest BCUT2D eigenvalue weighted by atomic mass is 16.4. The minimum Gasteiger partial charge on any atom is -0.481 e. The van der Waals surface area contributed by atoms with Gasteiger partial charge in [0.2, 0.25) is 0 Å². The Balaban J connectivity index is 2.07. The number of carboxylic acid groups (broad SMARTS) is 1. The zero-order chi connectivity index (χ0) is 11.9. The fourth-order valence-corrected chi connectivity index (χ4v) is 2.60. The number of aliphatic carboxylic acids is 1.